The van der Waals surface area contributed by atoms with Crippen molar-refractivity contribution in [2.45, 2.75) is 32.6 Å². The minimum Gasteiger partial charge on any atom is -0.313 e. The minimum absolute atomic E-state index is 0.0274. The van der Waals surface area contributed by atoms with Crippen molar-refractivity contribution in [1.82, 2.24) is 0 Å². The molecule has 3 aliphatic rings. The number of ketones is 2. The van der Waals surface area contributed by atoms with Crippen LogP contribution in [0.1, 0.15) is 54.1 Å². The van der Waals surface area contributed by atoms with Crippen LogP contribution >= 0.6 is 0 Å². The lowest BCUT2D eigenvalue weighted by Crippen LogP contribution is -2.39. The summed E-state index contributed by atoms with van der Waals surface area (Å²) < 4.78 is 0. The van der Waals surface area contributed by atoms with Crippen molar-refractivity contribution in [2.24, 2.45) is 5.41 Å². The highest BCUT2D eigenvalue weighted by Crippen LogP contribution is 2.56. The molecule has 1 atom stereocenters. The van der Waals surface area contributed by atoms with Crippen LogP contribution in [0.5, 0.6) is 0 Å². The Hall–Kier alpha value is -3.72. The fourth-order valence-electron chi connectivity index (χ4n) is 5.74. The molecule has 0 spiro atoms. The van der Waals surface area contributed by atoms with E-state index in [0.717, 1.165) is 51.3 Å². The molecule has 0 aromatic heterocycles. The number of carbonyl (C=O) groups excluding carboxylic acids is 2. The molecule has 3 aromatic carbocycles. The molecular weight excluding hydrogens is 406 g/mol. The molecule has 6 rings (SSSR count). The van der Waals surface area contributed by atoms with Crippen LogP contribution in [0.25, 0.3) is 5.70 Å². The molecule has 1 unspecified atom stereocenters. The quantitative estimate of drug-likeness (QED) is 0.462. The van der Waals surface area contributed by atoms with Gasteiger partial charge in [-0.25, -0.2) is 0 Å². The molecule has 1 heterocycles. The van der Waals surface area contributed by atoms with Gasteiger partial charge in [-0.05, 0) is 29.5 Å². The van der Waals surface area contributed by atoms with Gasteiger partial charge in [0.05, 0.1) is 5.70 Å². The molecule has 0 fully saturated rings. The van der Waals surface area contributed by atoms with Gasteiger partial charge in [0, 0.05) is 46.0 Å². The van der Waals surface area contributed by atoms with Crippen LogP contribution in [-0.4, -0.2) is 11.6 Å². The molecule has 0 saturated carbocycles. The summed E-state index contributed by atoms with van der Waals surface area (Å²) in [5, 5.41) is 0. The maximum Gasteiger partial charge on any atom is 0.192 e. The standard InChI is InChI=1S/C30H25NO2/c1-30(2)17-23-26(24(32)18-30)25(19-11-5-3-6-12-19)27-28(31(23)20-13-7-4-8-14-20)21-15-9-10-16-22(21)29(27)33/h3-16,25H,17-18H2,1-2H3. The van der Waals surface area contributed by atoms with E-state index in [1.807, 2.05) is 72.8 Å². The smallest absolute Gasteiger partial charge is 0.192 e. The highest BCUT2D eigenvalue weighted by Gasteiger charge is 2.49. The monoisotopic (exact) mass is 431 g/mol. The molecule has 0 saturated heterocycles. The number of fused-ring (bicyclic) bond motifs is 2. The van der Waals surface area contributed by atoms with E-state index in [1.54, 1.807) is 0 Å². The summed E-state index contributed by atoms with van der Waals surface area (Å²) in [6.45, 7) is 4.32. The Balaban J connectivity index is 1.71. The average molecular weight is 432 g/mol. The number of carbonyl (C=O) groups is 2. The lowest BCUT2D eigenvalue weighted by atomic mass is 9.68. The van der Waals surface area contributed by atoms with Crippen LogP contribution in [0.3, 0.4) is 0 Å². The topological polar surface area (TPSA) is 37.4 Å². The summed E-state index contributed by atoms with van der Waals surface area (Å²) >= 11 is 0. The summed E-state index contributed by atoms with van der Waals surface area (Å²) in [5.74, 6) is -0.175. The van der Waals surface area contributed by atoms with Gasteiger partial charge in [-0.1, -0.05) is 86.6 Å². The number of nitrogens with zero attached hydrogens (tertiary/aromatic N) is 1. The first-order chi connectivity index (χ1) is 16.0. The number of rotatable bonds is 2. The Morgan fingerprint density at radius 3 is 2.03 bits per heavy atom. The van der Waals surface area contributed by atoms with Gasteiger partial charge in [-0.2, -0.15) is 0 Å². The normalized spacial score (nSPS) is 21.2. The minimum atomic E-state index is -0.348. The van der Waals surface area contributed by atoms with Crippen LogP contribution in [-0.2, 0) is 4.79 Å². The van der Waals surface area contributed by atoms with Crippen molar-refractivity contribution in [3.05, 3.63) is 118 Å². The molecule has 1 aliphatic heterocycles. The zero-order chi connectivity index (χ0) is 22.7. The molecule has 33 heavy (non-hydrogen) atoms. The first kappa shape index (κ1) is 19.9. The van der Waals surface area contributed by atoms with Crippen LogP contribution in [0.4, 0.5) is 5.69 Å². The van der Waals surface area contributed by atoms with E-state index in [9.17, 15) is 9.59 Å². The van der Waals surface area contributed by atoms with E-state index in [-0.39, 0.29) is 22.9 Å². The van der Waals surface area contributed by atoms with Gasteiger partial charge in [0.25, 0.3) is 0 Å². The number of para-hydroxylation sites is 1. The van der Waals surface area contributed by atoms with Crippen LogP contribution < -0.4 is 4.90 Å². The fraction of sp³-hybridized carbons (Fsp3) is 0.200. The molecule has 3 nitrogen and oxygen atoms in total. The highest BCUT2D eigenvalue weighted by atomic mass is 16.1. The zero-order valence-electron chi connectivity index (χ0n) is 18.8. The molecule has 0 N–H and O–H groups in total. The molecule has 2 aliphatic carbocycles. The summed E-state index contributed by atoms with van der Waals surface area (Å²) in [5.41, 5.74) is 6.96. The number of allylic oxidation sites excluding steroid dienone is 3. The van der Waals surface area contributed by atoms with Gasteiger partial charge < -0.3 is 4.90 Å². The van der Waals surface area contributed by atoms with Crippen LogP contribution in [0.15, 0.2) is 102 Å². The Morgan fingerprint density at radius 2 is 1.33 bits per heavy atom. The predicted molar refractivity (Wildman–Crippen MR) is 131 cm³/mol. The molecule has 0 amide bonds. The fourth-order valence-corrected chi connectivity index (χ4v) is 5.74. The predicted octanol–water partition coefficient (Wildman–Crippen LogP) is 6.54. The number of benzene rings is 3. The Labute approximate surface area is 194 Å². The molecule has 3 aromatic rings. The number of anilines is 1. The molecule has 162 valence electrons. The largest absolute Gasteiger partial charge is 0.313 e. The maximum absolute atomic E-state index is 13.9. The van der Waals surface area contributed by atoms with E-state index < -0.39 is 0 Å². The van der Waals surface area contributed by atoms with E-state index >= 15 is 0 Å². The second kappa shape index (κ2) is 7.14. The van der Waals surface area contributed by atoms with Gasteiger partial charge in [-0.15, -0.1) is 0 Å². The lowest BCUT2D eigenvalue weighted by molar-refractivity contribution is -0.118. The Bertz CT molecular complexity index is 1360. The summed E-state index contributed by atoms with van der Waals surface area (Å²) in [6, 6.07) is 28.0. The number of hydrogen-bond acceptors (Lipinski definition) is 3. The summed E-state index contributed by atoms with van der Waals surface area (Å²) in [7, 11) is 0. The second-order valence-electron chi connectivity index (χ2n) is 9.95. The number of hydrogen-bond donors (Lipinski definition) is 0. The van der Waals surface area contributed by atoms with Crippen molar-refractivity contribution >= 4 is 23.0 Å². The molecule has 3 heteroatoms. The second-order valence-corrected chi connectivity index (χ2v) is 9.95. The van der Waals surface area contributed by atoms with Gasteiger partial charge in [0.1, 0.15) is 0 Å². The first-order valence-corrected chi connectivity index (χ1v) is 11.5. The van der Waals surface area contributed by atoms with Crippen molar-refractivity contribution in [3.8, 4) is 0 Å². The first-order valence-electron chi connectivity index (χ1n) is 11.5. The summed E-state index contributed by atoms with van der Waals surface area (Å²) in [4.78, 5) is 29.8. The molecule has 0 radical (unpaired) electrons. The summed E-state index contributed by atoms with van der Waals surface area (Å²) in [6.07, 6.45) is 1.26. The van der Waals surface area contributed by atoms with Gasteiger partial charge in [-0.3, -0.25) is 9.59 Å². The van der Waals surface area contributed by atoms with Gasteiger partial charge >= 0.3 is 0 Å². The lowest BCUT2D eigenvalue weighted by Gasteiger charge is -2.44. The number of Topliss-reactive ketones (excluding diaryl/α,β-unsaturated/α-hetero) is 2. The van der Waals surface area contributed by atoms with Crippen LogP contribution in [0, 0.1) is 5.41 Å². The van der Waals surface area contributed by atoms with Gasteiger partial charge in [0.2, 0.25) is 0 Å². The van der Waals surface area contributed by atoms with Crippen molar-refractivity contribution in [3.63, 3.8) is 0 Å². The third-order valence-corrected chi connectivity index (χ3v) is 7.04. The molecular formula is C30H25NO2. The van der Waals surface area contributed by atoms with E-state index in [2.05, 4.69) is 30.9 Å². The molecule has 0 bridgehead atoms. The van der Waals surface area contributed by atoms with E-state index in [1.165, 1.54) is 0 Å². The van der Waals surface area contributed by atoms with E-state index in [0.29, 0.717) is 6.42 Å². The van der Waals surface area contributed by atoms with Crippen molar-refractivity contribution in [1.29, 1.82) is 0 Å². The average Bonchev–Trinajstić information content (AvgIpc) is 3.10. The van der Waals surface area contributed by atoms with Crippen LogP contribution in [0.2, 0.25) is 0 Å². The Morgan fingerprint density at radius 1 is 0.727 bits per heavy atom. The highest BCUT2D eigenvalue weighted by molar-refractivity contribution is 6.25. The SMILES string of the molecule is CC1(C)CC(=O)C2=C(C1)N(c1ccccc1)C1=C(C(=O)c3ccccc31)C2c1ccccc1. The third kappa shape index (κ3) is 2.96. The van der Waals surface area contributed by atoms with Crippen molar-refractivity contribution in [2.75, 3.05) is 4.90 Å². The zero-order valence-corrected chi connectivity index (χ0v) is 18.8. The van der Waals surface area contributed by atoms with E-state index in [4.69, 9.17) is 0 Å². The van der Waals surface area contributed by atoms with Crippen molar-refractivity contribution < 1.29 is 9.59 Å². The maximum atomic E-state index is 13.9. The Kier molecular flexibility index (Phi) is 4.31. The van der Waals surface area contributed by atoms with Gasteiger partial charge in [0.15, 0.2) is 11.6 Å². The third-order valence-electron chi connectivity index (χ3n) is 7.04.